The van der Waals surface area contributed by atoms with E-state index < -0.39 is 5.97 Å². The lowest BCUT2D eigenvalue weighted by Crippen LogP contribution is -2.01. The zero-order chi connectivity index (χ0) is 13.8. The molecule has 0 unspecified atom stereocenters. The molecular weight excluding hydrogens is 268 g/mol. The minimum absolute atomic E-state index is 0.133. The van der Waals surface area contributed by atoms with Gasteiger partial charge in [0.25, 0.3) is 0 Å². The highest BCUT2D eigenvalue weighted by Gasteiger charge is 2.07. The van der Waals surface area contributed by atoms with E-state index in [1.807, 2.05) is 13.0 Å². The van der Waals surface area contributed by atoms with E-state index >= 15 is 0 Å². The highest BCUT2D eigenvalue weighted by Crippen LogP contribution is 2.25. The van der Waals surface area contributed by atoms with Gasteiger partial charge < -0.3 is 9.84 Å². The SMILES string of the molecule is CCc1ccc(Oc2cnc(C(=O)O)cn2)cc1Cl. The van der Waals surface area contributed by atoms with E-state index in [1.165, 1.54) is 6.20 Å². The molecule has 1 aromatic heterocycles. The average molecular weight is 279 g/mol. The number of rotatable bonds is 4. The van der Waals surface area contributed by atoms with Crippen molar-refractivity contribution in [2.24, 2.45) is 0 Å². The molecule has 0 fully saturated rings. The predicted molar refractivity (Wildman–Crippen MR) is 69.9 cm³/mol. The van der Waals surface area contributed by atoms with Crippen LogP contribution in [0.25, 0.3) is 0 Å². The molecule has 1 N–H and O–H groups in total. The molecule has 0 spiro atoms. The Labute approximate surface area is 114 Å². The second-order valence-electron chi connectivity index (χ2n) is 3.75. The Morgan fingerprint density at radius 1 is 1.37 bits per heavy atom. The van der Waals surface area contributed by atoms with Gasteiger partial charge in [0.2, 0.25) is 5.88 Å². The zero-order valence-electron chi connectivity index (χ0n) is 10.1. The minimum Gasteiger partial charge on any atom is -0.476 e. The number of hydrogen-bond acceptors (Lipinski definition) is 4. The second kappa shape index (κ2) is 5.67. The third-order valence-corrected chi connectivity index (χ3v) is 2.83. The lowest BCUT2D eigenvalue weighted by Gasteiger charge is -2.06. The van der Waals surface area contributed by atoms with Gasteiger partial charge in [-0.15, -0.1) is 0 Å². The molecule has 6 heteroatoms. The van der Waals surface area contributed by atoms with Crippen molar-refractivity contribution in [2.45, 2.75) is 13.3 Å². The number of aryl methyl sites for hydroxylation is 1. The number of aromatic nitrogens is 2. The molecule has 5 nitrogen and oxygen atoms in total. The van der Waals surface area contributed by atoms with Gasteiger partial charge in [0.05, 0.1) is 12.4 Å². The Bertz CT molecular complexity index is 599. The summed E-state index contributed by atoms with van der Waals surface area (Å²) in [5.41, 5.74) is 0.896. The molecule has 0 aliphatic rings. The Hall–Kier alpha value is -2.14. The van der Waals surface area contributed by atoms with E-state index in [2.05, 4.69) is 9.97 Å². The molecule has 0 saturated carbocycles. The molecule has 1 aromatic carbocycles. The number of hydrogen-bond donors (Lipinski definition) is 1. The number of aromatic carboxylic acids is 1. The predicted octanol–water partition coefficient (Wildman–Crippen LogP) is 3.18. The van der Waals surface area contributed by atoms with E-state index in [-0.39, 0.29) is 11.6 Å². The van der Waals surface area contributed by atoms with Crippen LogP contribution in [0.2, 0.25) is 5.02 Å². The van der Waals surface area contributed by atoms with Crippen molar-refractivity contribution >= 4 is 17.6 Å². The molecule has 0 amide bonds. The van der Waals surface area contributed by atoms with Crippen LogP contribution in [0.15, 0.2) is 30.6 Å². The Morgan fingerprint density at radius 2 is 2.16 bits per heavy atom. The molecule has 0 saturated heterocycles. The number of carbonyl (C=O) groups is 1. The summed E-state index contributed by atoms with van der Waals surface area (Å²) in [5.74, 6) is -0.390. The van der Waals surface area contributed by atoms with Crippen molar-refractivity contribution in [1.82, 2.24) is 9.97 Å². The number of halogens is 1. The van der Waals surface area contributed by atoms with Gasteiger partial charge >= 0.3 is 5.97 Å². The van der Waals surface area contributed by atoms with Crippen LogP contribution in [0, 0.1) is 0 Å². The lowest BCUT2D eigenvalue weighted by molar-refractivity contribution is 0.0690. The maximum atomic E-state index is 10.6. The largest absolute Gasteiger partial charge is 0.476 e. The molecule has 0 radical (unpaired) electrons. The van der Waals surface area contributed by atoms with Crippen molar-refractivity contribution in [3.05, 3.63) is 46.9 Å². The van der Waals surface area contributed by atoms with Gasteiger partial charge in [0.15, 0.2) is 5.69 Å². The van der Waals surface area contributed by atoms with Crippen molar-refractivity contribution < 1.29 is 14.6 Å². The fourth-order valence-corrected chi connectivity index (χ4v) is 1.78. The maximum Gasteiger partial charge on any atom is 0.356 e. The first-order chi connectivity index (χ1) is 9.10. The first-order valence-electron chi connectivity index (χ1n) is 5.61. The van der Waals surface area contributed by atoms with E-state index in [1.54, 1.807) is 12.1 Å². The van der Waals surface area contributed by atoms with Crippen LogP contribution in [0.1, 0.15) is 23.0 Å². The van der Waals surface area contributed by atoms with E-state index in [9.17, 15) is 4.79 Å². The van der Waals surface area contributed by atoms with Crippen LogP contribution >= 0.6 is 11.6 Å². The highest BCUT2D eigenvalue weighted by atomic mass is 35.5. The van der Waals surface area contributed by atoms with Crippen LogP contribution < -0.4 is 4.74 Å². The molecule has 0 aliphatic carbocycles. The number of nitrogens with zero attached hydrogens (tertiary/aromatic N) is 2. The summed E-state index contributed by atoms with van der Waals surface area (Å²) in [6, 6.07) is 5.33. The summed E-state index contributed by atoms with van der Waals surface area (Å²) in [5, 5.41) is 9.32. The summed E-state index contributed by atoms with van der Waals surface area (Å²) < 4.78 is 5.44. The third-order valence-electron chi connectivity index (χ3n) is 2.48. The van der Waals surface area contributed by atoms with E-state index in [0.717, 1.165) is 18.2 Å². The normalized spacial score (nSPS) is 10.2. The van der Waals surface area contributed by atoms with Gasteiger partial charge in [-0.25, -0.2) is 14.8 Å². The van der Waals surface area contributed by atoms with Crippen LogP contribution in [0.4, 0.5) is 0 Å². The van der Waals surface area contributed by atoms with Crippen molar-refractivity contribution in [2.75, 3.05) is 0 Å². The van der Waals surface area contributed by atoms with Gasteiger partial charge in [0, 0.05) is 5.02 Å². The standard InChI is InChI=1S/C13H11ClN2O3/c1-2-8-3-4-9(5-10(8)14)19-12-7-15-11(6-16-12)13(17)18/h3-7H,2H2,1H3,(H,17,18). The minimum atomic E-state index is -1.13. The average Bonchev–Trinajstić information content (AvgIpc) is 2.39. The van der Waals surface area contributed by atoms with Crippen molar-refractivity contribution in [3.8, 4) is 11.6 Å². The van der Waals surface area contributed by atoms with Crippen molar-refractivity contribution in [3.63, 3.8) is 0 Å². The Kier molecular flexibility index (Phi) is 3.97. The monoisotopic (exact) mass is 278 g/mol. The van der Waals surface area contributed by atoms with Gasteiger partial charge in [-0.2, -0.15) is 0 Å². The summed E-state index contributed by atoms with van der Waals surface area (Å²) in [4.78, 5) is 18.2. The molecule has 1 heterocycles. The van der Waals surface area contributed by atoms with Crippen LogP contribution in [0.5, 0.6) is 11.6 Å². The molecule has 2 aromatic rings. The van der Waals surface area contributed by atoms with Crippen LogP contribution in [0.3, 0.4) is 0 Å². The summed E-state index contributed by atoms with van der Waals surface area (Å²) >= 11 is 6.07. The Balaban J connectivity index is 2.16. The van der Waals surface area contributed by atoms with Gasteiger partial charge in [-0.3, -0.25) is 0 Å². The van der Waals surface area contributed by atoms with Gasteiger partial charge in [-0.05, 0) is 24.1 Å². The fraction of sp³-hybridized carbons (Fsp3) is 0.154. The zero-order valence-corrected chi connectivity index (χ0v) is 10.9. The fourth-order valence-electron chi connectivity index (χ4n) is 1.48. The third kappa shape index (κ3) is 3.20. The quantitative estimate of drug-likeness (QED) is 0.930. The highest BCUT2D eigenvalue weighted by molar-refractivity contribution is 6.31. The van der Waals surface area contributed by atoms with E-state index in [4.69, 9.17) is 21.4 Å². The molecule has 2 rings (SSSR count). The first kappa shape index (κ1) is 13.3. The van der Waals surface area contributed by atoms with E-state index in [0.29, 0.717) is 10.8 Å². The van der Waals surface area contributed by atoms with Crippen LogP contribution in [-0.2, 0) is 6.42 Å². The first-order valence-corrected chi connectivity index (χ1v) is 5.99. The number of benzene rings is 1. The number of ether oxygens (including phenoxy) is 1. The molecule has 19 heavy (non-hydrogen) atoms. The maximum absolute atomic E-state index is 10.6. The topological polar surface area (TPSA) is 72.3 Å². The molecule has 0 atom stereocenters. The summed E-state index contributed by atoms with van der Waals surface area (Å²) in [7, 11) is 0. The molecule has 0 aliphatic heterocycles. The summed E-state index contributed by atoms with van der Waals surface area (Å²) in [6.45, 7) is 2.01. The smallest absolute Gasteiger partial charge is 0.356 e. The number of carboxylic acids is 1. The molecule has 98 valence electrons. The van der Waals surface area contributed by atoms with Crippen LogP contribution in [-0.4, -0.2) is 21.0 Å². The second-order valence-corrected chi connectivity index (χ2v) is 4.16. The van der Waals surface area contributed by atoms with Gasteiger partial charge in [-0.1, -0.05) is 24.6 Å². The molecular formula is C13H11ClN2O3. The molecule has 0 bridgehead atoms. The van der Waals surface area contributed by atoms with Gasteiger partial charge in [0.1, 0.15) is 5.75 Å². The Morgan fingerprint density at radius 3 is 2.68 bits per heavy atom. The summed E-state index contributed by atoms with van der Waals surface area (Å²) in [6.07, 6.45) is 3.23. The van der Waals surface area contributed by atoms with Crippen molar-refractivity contribution in [1.29, 1.82) is 0 Å². The lowest BCUT2D eigenvalue weighted by atomic mass is 10.2. The number of carboxylic acid groups (broad SMARTS) is 1.